The molecule has 10 nitrogen and oxygen atoms in total. The number of nitrogens with one attached hydrogen (secondary N) is 2. The van der Waals surface area contributed by atoms with Crippen molar-refractivity contribution in [2.75, 3.05) is 12.3 Å². The summed E-state index contributed by atoms with van der Waals surface area (Å²) in [7, 11) is 0. The fourth-order valence-electron chi connectivity index (χ4n) is 3.60. The van der Waals surface area contributed by atoms with Crippen molar-refractivity contribution >= 4 is 47.3 Å². The zero-order chi connectivity index (χ0) is 24.9. The molecular weight excluding hydrogens is 452 g/mol. The average molecular weight is 481 g/mol. The Morgan fingerprint density at radius 3 is 2.48 bits per heavy atom. The molecule has 1 aromatic rings. The van der Waals surface area contributed by atoms with Crippen LogP contribution in [0.2, 0.25) is 5.02 Å². The first kappa shape index (κ1) is 26.1. The van der Waals surface area contributed by atoms with E-state index in [-0.39, 0.29) is 17.1 Å². The van der Waals surface area contributed by atoms with Crippen LogP contribution in [0.25, 0.3) is 0 Å². The summed E-state index contributed by atoms with van der Waals surface area (Å²) in [6.45, 7) is 5.64. The lowest BCUT2D eigenvalue weighted by Gasteiger charge is -2.35. The summed E-state index contributed by atoms with van der Waals surface area (Å²) < 4.78 is 0. The molecule has 0 radical (unpaired) electrons. The van der Waals surface area contributed by atoms with Crippen LogP contribution in [0.4, 0.5) is 5.69 Å². The molecule has 2 rings (SSSR count). The summed E-state index contributed by atoms with van der Waals surface area (Å²) >= 11 is 6.00. The number of carboxylic acids is 1. The van der Waals surface area contributed by atoms with Gasteiger partial charge in [-0.2, -0.15) is 0 Å². The molecule has 0 saturated carbocycles. The average Bonchev–Trinajstić information content (AvgIpc) is 3.21. The number of nitrogens with zero attached hydrogens (tertiary/aromatic N) is 1. The van der Waals surface area contributed by atoms with Crippen LogP contribution < -0.4 is 16.4 Å². The first-order valence-corrected chi connectivity index (χ1v) is 10.9. The number of hydrogen-bond donors (Lipinski definition) is 4. The van der Waals surface area contributed by atoms with E-state index in [1.165, 1.54) is 23.1 Å². The molecule has 1 aromatic carbocycles. The van der Waals surface area contributed by atoms with Crippen molar-refractivity contribution in [3.63, 3.8) is 0 Å². The molecule has 0 bridgehead atoms. The van der Waals surface area contributed by atoms with Crippen molar-refractivity contribution < 1.29 is 29.1 Å². The minimum atomic E-state index is -1.23. The van der Waals surface area contributed by atoms with E-state index in [1.54, 1.807) is 20.8 Å². The van der Waals surface area contributed by atoms with E-state index >= 15 is 0 Å². The molecule has 0 aliphatic carbocycles. The maximum atomic E-state index is 13.4. The zero-order valence-electron chi connectivity index (χ0n) is 18.8. The van der Waals surface area contributed by atoms with Crippen LogP contribution >= 0.6 is 11.6 Å². The molecule has 1 saturated heterocycles. The number of aldehydes is 1. The molecule has 5 N–H and O–H groups in total. The standard InChI is InChI=1S/C22H29ClN4O6/c1-22(2,3)18(26-19(31)12-6-7-15(24)14(23)9-12)21(33)27-8-4-5-16(27)20(32)25-13(11-28)10-17(29)30/h6-7,9,11,13,16,18H,4-5,8,10,24H2,1-3H3,(H,25,32)(H,26,31)(H,29,30)/t13-,16-,18+/m0/s1. The number of aliphatic carboxylic acids is 1. The number of anilines is 1. The van der Waals surface area contributed by atoms with Crippen LogP contribution in [0.5, 0.6) is 0 Å². The Morgan fingerprint density at radius 2 is 1.94 bits per heavy atom. The van der Waals surface area contributed by atoms with Crippen LogP contribution in [0.3, 0.4) is 0 Å². The summed E-state index contributed by atoms with van der Waals surface area (Å²) in [6, 6.07) is 1.37. The fraction of sp³-hybridized carbons (Fsp3) is 0.500. The van der Waals surface area contributed by atoms with Gasteiger partial charge in [0.05, 0.1) is 23.2 Å². The van der Waals surface area contributed by atoms with Crippen molar-refractivity contribution in [1.82, 2.24) is 15.5 Å². The maximum Gasteiger partial charge on any atom is 0.305 e. The van der Waals surface area contributed by atoms with Gasteiger partial charge in [-0.1, -0.05) is 32.4 Å². The smallest absolute Gasteiger partial charge is 0.305 e. The number of nitrogens with two attached hydrogens (primary N) is 1. The van der Waals surface area contributed by atoms with E-state index in [1.807, 2.05) is 0 Å². The number of hydrogen-bond acceptors (Lipinski definition) is 6. The number of carbonyl (C=O) groups is 5. The second-order valence-electron chi connectivity index (χ2n) is 9.05. The van der Waals surface area contributed by atoms with Gasteiger partial charge in [0.1, 0.15) is 18.4 Å². The van der Waals surface area contributed by atoms with Gasteiger partial charge in [0.25, 0.3) is 5.91 Å². The summed E-state index contributed by atoms with van der Waals surface area (Å²) in [5.41, 5.74) is 5.55. The number of amides is 3. The molecule has 3 amide bonds. The van der Waals surface area contributed by atoms with E-state index in [4.69, 9.17) is 22.4 Å². The first-order chi connectivity index (χ1) is 15.3. The predicted octanol–water partition coefficient (Wildman–Crippen LogP) is 1.22. The summed E-state index contributed by atoms with van der Waals surface area (Å²) in [6.07, 6.45) is 0.700. The Bertz CT molecular complexity index is 945. The highest BCUT2D eigenvalue weighted by molar-refractivity contribution is 6.33. The van der Waals surface area contributed by atoms with Gasteiger partial charge in [-0.3, -0.25) is 19.2 Å². The molecule has 1 aliphatic rings. The van der Waals surface area contributed by atoms with Gasteiger partial charge >= 0.3 is 5.97 Å². The van der Waals surface area contributed by atoms with Crippen molar-refractivity contribution in [2.45, 2.75) is 58.2 Å². The highest BCUT2D eigenvalue weighted by Gasteiger charge is 2.42. The Hall–Kier alpha value is -3.14. The molecule has 11 heteroatoms. The van der Waals surface area contributed by atoms with Crippen molar-refractivity contribution in [3.05, 3.63) is 28.8 Å². The second-order valence-corrected chi connectivity index (χ2v) is 9.45. The van der Waals surface area contributed by atoms with Gasteiger partial charge in [-0.05, 0) is 36.5 Å². The molecule has 1 heterocycles. The largest absolute Gasteiger partial charge is 0.481 e. The van der Waals surface area contributed by atoms with Gasteiger partial charge in [-0.25, -0.2) is 0 Å². The molecule has 33 heavy (non-hydrogen) atoms. The van der Waals surface area contributed by atoms with Crippen LogP contribution in [0.1, 0.15) is 50.4 Å². The highest BCUT2D eigenvalue weighted by atomic mass is 35.5. The Balaban J connectivity index is 2.20. The van der Waals surface area contributed by atoms with E-state index in [2.05, 4.69) is 10.6 Å². The highest BCUT2D eigenvalue weighted by Crippen LogP contribution is 2.27. The summed E-state index contributed by atoms with van der Waals surface area (Å²) in [5.74, 6) is -2.81. The van der Waals surface area contributed by atoms with Crippen LogP contribution in [0.15, 0.2) is 18.2 Å². The monoisotopic (exact) mass is 480 g/mol. The minimum absolute atomic E-state index is 0.212. The van der Waals surface area contributed by atoms with E-state index in [0.717, 1.165) is 0 Å². The van der Waals surface area contributed by atoms with Crippen LogP contribution in [-0.2, 0) is 19.2 Å². The number of halogens is 1. The number of nitrogen functional groups attached to an aromatic ring is 1. The van der Waals surface area contributed by atoms with Gasteiger partial charge in [-0.15, -0.1) is 0 Å². The molecule has 0 aromatic heterocycles. The molecule has 1 aliphatic heterocycles. The summed E-state index contributed by atoms with van der Waals surface area (Å²) in [4.78, 5) is 62.4. The SMILES string of the molecule is CC(C)(C)[C@H](NC(=O)c1ccc(N)c(Cl)c1)C(=O)N1CCC[C@H]1C(=O)N[C@H](C=O)CC(=O)O. The Morgan fingerprint density at radius 1 is 1.27 bits per heavy atom. The molecule has 3 atom stereocenters. The van der Waals surface area contributed by atoms with Gasteiger partial charge in [0, 0.05) is 12.1 Å². The van der Waals surface area contributed by atoms with Crippen molar-refractivity contribution in [3.8, 4) is 0 Å². The number of rotatable bonds is 8. The van der Waals surface area contributed by atoms with Gasteiger partial charge in [0.15, 0.2) is 0 Å². The van der Waals surface area contributed by atoms with E-state index in [0.29, 0.717) is 24.8 Å². The minimum Gasteiger partial charge on any atom is -0.481 e. The van der Waals surface area contributed by atoms with Gasteiger partial charge in [0.2, 0.25) is 11.8 Å². The Kier molecular flexibility index (Phi) is 8.43. The predicted molar refractivity (Wildman–Crippen MR) is 122 cm³/mol. The molecule has 0 spiro atoms. The van der Waals surface area contributed by atoms with Crippen LogP contribution in [0, 0.1) is 5.41 Å². The third-order valence-electron chi connectivity index (χ3n) is 5.38. The van der Waals surface area contributed by atoms with Gasteiger partial charge < -0.3 is 31.2 Å². The lowest BCUT2D eigenvalue weighted by atomic mass is 9.85. The second kappa shape index (κ2) is 10.7. The van der Waals surface area contributed by atoms with Crippen LogP contribution in [-0.4, -0.2) is 64.7 Å². The fourth-order valence-corrected chi connectivity index (χ4v) is 3.78. The zero-order valence-corrected chi connectivity index (χ0v) is 19.5. The molecule has 0 unspecified atom stereocenters. The number of carbonyl (C=O) groups excluding carboxylic acids is 4. The lowest BCUT2D eigenvalue weighted by molar-refractivity contribution is -0.143. The van der Waals surface area contributed by atoms with E-state index < -0.39 is 53.7 Å². The van der Waals surface area contributed by atoms with Crippen molar-refractivity contribution in [1.29, 1.82) is 0 Å². The first-order valence-electron chi connectivity index (χ1n) is 10.5. The third kappa shape index (κ3) is 6.67. The third-order valence-corrected chi connectivity index (χ3v) is 5.70. The lowest BCUT2D eigenvalue weighted by Crippen LogP contribution is -2.58. The topological polar surface area (TPSA) is 159 Å². The normalized spacial score (nSPS) is 17.7. The quantitative estimate of drug-likeness (QED) is 0.321. The maximum absolute atomic E-state index is 13.4. The molecule has 1 fully saturated rings. The number of benzene rings is 1. The number of likely N-dealkylation sites (tertiary alicyclic amines) is 1. The van der Waals surface area contributed by atoms with E-state index in [9.17, 15) is 24.0 Å². The molecule has 180 valence electrons. The molecular formula is C22H29ClN4O6. The Labute approximate surface area is 196 Å². The number of carboxylic acid groups (broad SMARTS) is 1. The summed E-state index contributed by atoms with van der Waals surface area (Å²) in [5, 5.41) is 14.2. The van der Waals surface area contributed by atoms with Crippen molar-refractivity contribution in [2.24, 2.45) is 5.41 Å².